The number of epoxide rings is 1. The van der Waals surface area contributed by atoms with E-state index in [2.05, 4.69) is 44.2 Å². The van der Waals surface area contributed by atoms with Gasteiger partial charge >= 0.3 is 0 Å². The molecule has 0 aromatic heterocycles. The van der Waals surface area contributed by atoms with Crippen LogP contribution in [0.4, 0.5) is 0 Å². The van der Waals surface area contributed by atoms with Crippen molar-refractivity contribution in [3.8, 4) is 0 Å². The van der Waals surface area contributed by atoms with Crippen molar-refractivity contribution in [2.45, 2.75) is 89.6 Å². The highest BCUT2D eigenvalue weighted by atomic mass is 16.6. The van der Waals surface area contributed by atoms with Crippen molar-refractivity contribution in [1.82, 2.24) is 0 Å². The fourth-order valence-corrected chi connectivity index (χ4v) is 8.90. The van der Waals surface area contributed by atoms with Gasteiger partial charge in [0.25, 0.3) is 0 Å². The van der Waals surface area contributed by atoms with Gasteiger partial charge in [0.05, 0.1) is 31.0 Å². The van der Waals surface area contributed by atoms with Gasteiger partial charge in [-0.05, 0) is 86.0 Å². The molecule has 4 saturated carbocycles. The molecule has 5 fully saturated rings. The summed E-state index contributed by atoms with van der Waals surface area (Å²) in [4.78, 5) is 0. The molecule has 1 aliphatic heterocycles. The van der Waals surface area contributed by atoms with Crippen LogP contribution < -0.4 is 0 Å². The Bertz CT molecular complexity index is 789. The summed E-state index contributed by atoms with van der Waals surface area (Å²) in [7, 11) is 0. The summed E-state index contributed by atoms with van der Waals surface area (Å²) in [5.41, 5.74) is 2.01. The Morgan fingerprint density at radius 2 is 1.87 bits per heavy atom. The van der Waals surface area contributed by atoms with Crippen LogP contribution in [0.1, 0.15) is 70.8 Å². The topological polar surface area (TPSA) is 42.0 Å². The summed E-state index contributed by atoms with van der Waals surface area (Å²) in [6.45, 7) is 6.77. The van der Waals surface area contributed by atoms with E-state index in [4.69, 9.17) is 9.47 Å². The SMILES string of the molecule is C[C@]12CC[C@@H](O)C[C@@H]1CC[C@@H]1[C@@H]2[C@@H](OCc2ccccc2)C[C@@]2(C)[C@H]1CC[C@@]21CO1. The molecule has 1 aromatic rings. The average Bonchev–Trinajstić information content (AvgIpc) is 3.48. The van der Waals surface area contributed by atoms with Gasteiger partial charge in [0, 0.05) is 5.41 Å². The van der Waals surface area contributed by atoms with E-state index in [0.717, 1.165) is 44.1 Å². The molecule has 164 valence electrons. The van der Waals surface area contributed by atoms with Gasteiger partial charge in [0.1, 0.15) is 0 Å². The minimum absolute atomic E-state index is 0.0909. The van der Waals surface area contributed by atoms with E-state index in [9.17, 15) is 5.11 Å². The molecule has 3 nitrogen and oxygen atoms in total. The third kappa shape index (κ3) is 2.74. The lowest BCUT2D eigenvalue weighted by Gasteiger charge is -2.62. The number of fused-ring (bicyclic) bond motifs is 6. The van der Waals surface area contributed by atoms with Crippen molar-refractivity contribution in [3.05, 3.63) is 35.9 Å². The number of aliphatic hydroxyl groups excluding tert-OH is 1. The van der Waals surface area contributed by atoms with E-state index >= 15 is 0 Å². The van der Waals surface area contributed by atoms with Crippen LogP contribution in [0.2, 0.25) is 0 Å². The molecule has 6 rings (SSSR count). The van der Waals surface area contributed by atoms with E-state index in [1.54, 1.807) is 0 Å². The summed E-state index contributed by atoms with van der Waals surface area (Å²) < 4.78 is 13.0. The molecule has 4 aliphatic carbocycles. The molecule has 3 heteroatoms. The van der Waals surface area contributed by atoms with Gasteiger partial charge in [-0.1, -0.05) is 44.2 Å². The molecular formula is C27H38O3. The summed E-state index contributed by atoms with van der Waals surface area (Å²) in [6.07, 6.45) is 9.70. The number of aliphatic hydroxyl groups is 1. The van der Waals surface area contributed by atoms with Crippen LogP contribution >= 0.6 is 0 Å². The Labute approximate surface area is 181 Å². The van der Waals surface area contributed by atoms with Crippen LogP contribution in [0.25, 0.3) is 0 Å². The smallest absolute Gasteiger partial charge is 0.0973 e. The monoisotopic (exact) mass is 410 g/mol. The molecule has 1 aromatic carbocycles. The van der Waals surface area contributed by atoms with Crippen LogP contribution in [0, 0.1) is 34.5 Å². The summed E-state index contributed by atoms with van der Waals surface area (Å²) in [6, 6.07) is 10.7. The van der Waals surface area contributed by atoms with Gasteiger partial charge in [0.15, 0.2) is 0 Å². The van der Waals surface area contributed by atoms with Crippen LogP contribution in [-0.2, 0) is 16.1 Å². The molecule has 30 heavy (non-hydrogen) atoms. The summed E-state index contributed by atoms with van der Waals surface area (Å²) in [5, 5.41) is 10.4. The largest absolute Gasteiger partial charge is 0.393 e. The molecule has 1 heterocycles. The minimum atomic E-state index is -0.0909. The lowest BCUT2D eigenvalue weighted by molar-refractivity contribution is -0.197. The Balaban J connectivity index is 1.34. The lowest BCUT2D eigenvalue weighted by Crippen LogP contribution is -2.60. The molecule has 0 amide bonds. The van der Waals surface area contributed by atoms with Crippen LogP contribution in [0.15, 0.2) is 30.3 Å². The zero-order valence-electron chi connectivity index (χ0n) is 18.7. The summed E-state index contributed by atoms with van der Waals surface area (Å²) in [5.74, 6) is 2.82. The van der Waals surface area contributed by atoms with Crippen molar-refractivity contribution in [2.24, 2.45) is 34.5 Å². The van der Waals surface area contributed by atoms with Gasteiger partial charge in [0.2, 0.25) is 0 Å². The first kappa shape index (κ1) is 19.8. The first-order chi connectivity index (χ1) is 14.5. The van der Waals surface area contributed by atoms with Gasteiger partial charge < -0.3 is 14.6 Å². The van der Waals surface area contributed by atoms with Gasteiger partial charge in [-0.25, -0.2) is 0 Å². The maximum Gasteiger partial charge on any atom is 0.0973 e. The van der Waals surface area contributed by atoms with Crippen molar-refractivity contribution in [3.63, 3.8) is 0 Å². The van der Waals surface area contributed by atoms with Crippen molar-refractivity contribution >= 4 is 0 Å². The third-order valence-corrected chi connectivity index (χ3v) is 10.6. The molecule has 1 saturated heterocycles. The van der Waals surface area contributed by atoms with Crippen molar-refractivity contribution in [1.29, 1.82) is 0 Å². The Hall–Kier alpha value is -0.900. The number of hydrogen-bond acceptors (Lipinski definition) is 3. The molecular weight excluding hydrogens is 372 g/mol. The normalized spacial score (nSPS) is 51.8. The van der Waals surface area contributed by atoms with Crippen LogP contribution in [0.5, 0.6) is 0 Å². The molecule has 0 radical (unpaired) electrons. The first-order valence-electron chi connectivity index (χ1n) is 12.4. The predicted molar refractivity (Wildman–Crippen MR) is 117 cm³/mol. The fourth-order valence-electron chi connectivity index (χ4n) is 8.90. The first-order valence-corrected chi connectivity index (χ1v) is 12.4. The fraction of sp³-hybridized carbons (Fsp3) is 0.778. The standard InChI is InChI=1S/C27H38O3/c1-25-12-10-20(28)14-19(25)8-9-21-22-11-13-27(17-30-27)26(22,2)15-23(24(21)25)29-16-18-6-4-3-5-7-18/h3-7,19-24,28H,8-17H2,1-2H3/t19-,20+,21-,22-,23-,24+,25-,26-,27+/m0/s1. The predicted octanol–water partition coefficient (Wildman–Crippen LogP) is 5.35. The zero-order valence-corrected chi connectivity index (χ0v) is 18.7. The van der Waals surface area contributed by atoms with E-state index in [1.807, 2.05) is 0 Å². The van der Waals surface area contributed by atoms with Crippen LogP contribution in [0.3, 0.4) is 0 Å². The van der Waals surface area contributed by atoms with E-state index in [-0.39, 0.29) is 17.1 Å². The average molecular weight is 411 g/mol. The molecule has 5 aliphatic rings. The second-order valence-corrected chi connectivity index (χ2v) is 11.8. The van der Waals surface area contributed by atoms with Crippen molar-refractivity contribution in [2.75, 3.05) is 6.61 Å². The molecule has 0 bridgehead atoms. The Morgan fingerprint density at radius 1 is 1.07 bits per heavy atom. The molecule has 0 unspecified atom stereocenters. The quantitative estimate of drug-likeness (QED) is 0.683. The summed E-state index contributed by atoms with van der Waals surface area (Å²) >= 11 is 0. The van der Waals surface area contributed by atoms with Crippen LogP contribution in [-0.4, -0.2) is 29.5 Å². The number of ether oxygens (including phenoxy) is 2. The van der Waals surface area contributed by atoms with E-state index in [0.29, 0.717) is 30.0 Å². The third-order valence-electron chi connectivity index (χ3n) is 10.6. The highest BCUT2D eigenvalue weighted by molar-refractivity contribution is 5.21. The van der Waals surface area contributed by atoms with Gasteiger partial charge in [-0.2, -0.15) is 0 Å². The minimum Gasteiger partial charge on any atom is -0.393 e. The maximum atomic E-state index is 10.4. The van der Waals surface area contributed by atoms with E-state index in [1.165, 1.54) is 31.2 Å². The van der Waals surface area contributed by atoms with E-state index < -0.39 is 0 Å². The zero-order chi connectivity index (χ0) is 20.6. The molecule has 1 spiro atoms. The Kier molecular flexibility index (Phi) is 4.48. The molecule has 9 atom stereocenters. The second kappa shape index (κ2) is 6.80. The molecule has 1 N–H and O–H groups in total. The lowest BCUT2D eigenvalue weighted by atomic mass is 9.44. The highest BCUT2D eigenvalue weighted by Gasteiger charge is 2.72. The number of rotatable bonds is 3. The number of benzene rings is 1. The van der Waals surface area contributed by atoms with Crippen molar-refractivity contribution < 1.29 is 14.6 Å². The number of hydrogen-bond donors (Lipinski definition) is 1. The maximum absolute atomic E-state index is 10.4. The Morgan fingerprint density at radius 3 is 2.63 bits per heavy atom. The van der Waals surface area contributed by atoms with Gasteiger partial charge in [-0.3, -0.25) is 0 Å². The highest BCUT2D eigenvalue weighted by Crippen LogP contribution is 2.71. The van der Waals surface area contributed by atoms with Gasteiger partial charge in [-0.15, -0.1) is 0 Å². The second-order valence-electron chi connectivity index (χ2n) is 11.8.